The van der Waals surface area contributed by atoms with Gasteiger partial charge in [0.2, 0.25) is 11.8 Å². The summed E-state index contributed by atoms with van der Waals surface area (Å²) in [5.74, 6) is 0.368. The lowest BCUT2D eigenvalue weighted by molar-refractivity contribution is -0.148. The summed E-state index contributed by atoms with van der Waals surface area (Å²) >= 11 is 0. The zero-order valence-electron chi connectivity index (χ0n) is 16.1. The molecule has 1 atom stereocenters. The van der Waals surface area contributed by atoms with Gasteiger partial charge in [0.05, 0.1) is 12.0 Å². The molecule has 2 fully saturated rings. The highest BCUT2D eigenvalue weighted by Crippen LogP contribution is 2.40. The van der Waals surface area contributed by atoms with Gasteiger partial charge in [-0.3, -0.25) is 19.5 Å². The molecule has 1 aromatic heterocycles. The van der Waals surface area contributed by atoms with Gasteiger partial charge in [0, 0.05) is 44.6 Å². The lowest BCUT2D eigenvalue weighted by atomic mass is 9.78. The summed E-state index contributed by atoms with van der Waals surface area (Å²) in [5, 5.41) is 0. The Morgan fingerprint density at radius 2 is 2.00 bits per heavy atom. The minimum atomic E-state index is -0.345. The molecule has 26 heavy (non-hydrogen) atoms. The largest absolute Gasteiger partial charge is 0.340 e. The van der Waals surface area contributed by atoms with Crippen LogP contribution < -0.4 is 0 Å². The Labute approximate surface area is 156 Å². The van der Waals surface area contributed by atoms with Gasteiger partial charge in [0.25, 0.3) is 0 Å². The molecular weight excluding hydrogens is 328 g/mol. The van der Waals surface area contributed by atoms with Gasteiger partial charge in [-0.25, -0.2) is 0 Å². The van der Waals surface area contributed by atoms with Crippen molar-refractivity contribution in [2.45, 2.75) is 45.7 Å². The second-order valence-corrected chi connectivity index (χ2v) is 8.07. The minimum absolute atomic E-state index is 0.118. The molecule has 6 heteroatoms. The first-order chi connectivity index (χ1) is 12.4. The van der Waals surface area contributed by atoms with Crippen LogP contribution in [0.3, 0.4) is 0 Å². The molecule has 2 saturated heterocycles. The Hall–Kier alpha value is -1.95. The van der Waals surface area contributed by atoms with Crippen LogP contribution >= 0.6 is 0 Å². The van der Waals surface area contributed by atoms with Crippen LogP contribution in [0.4, 0.5) is 0 Å². The molecule has 1 unspecified atom stereocenters. The number of piperidine rings is 1. The fourth-order valence-corrected chi connectivity index (χ4v) is 4.24. The molecule has 2 aliphatic rings. The number of likely N-dealkylation sites (N-methyl/N-ethyl adjacent to an activating group) is 1. The normalized spacial score (nSPS) is 23.5. The van der Waals surface area contributed by atoms with Gasteiger partial charge in [-0.1, -0.05) is 0 Å². The fraction of sp³-hybridized carbons (Fsp3) is 0.650. The minimum Gasteiger partial charge on any atom is -0.340 e. The Morgan fingerprint density at radius 1 is 1.27 bits per heavy atom. The molecule has 6 nitrogen and oxygen atoms in total. The third-order valence-corrected chi connectivity index (χ3v) is 5.71. The van der Waals surface area contributed by atoms with Crippen LogP contribution in [0.1, 0.15) is 38.7 Å². The highest BCUT2D eigenvalue weighted by molar-refractivity contribution is 5.86. The lowest BCUT2D eigenvalue weighted by Gasteiger charge is -2.41. The first kappa shape index (κ1) is 18.8. The maximum Gasteiger partial charge on any atom is 0.236 e. The average Bonchev–Trinajstić information content (AvgIpc) is 3.03. The van der Waals surface area contributed by atoms with E-state index in [0.717, 1.165) is 31.4 Å². The molecule has 0 radical (unpaired) electrons. The number of carbonyl (C=O) groups excluding carboxylic acids is 2. The summed E-state index contributed by atoms with van der Waals surface area (Å²) in [6.45, 7) is 7.36. The third-order valence-electron chi connectivity index (χ3n) is 5.71. The van der Waals surface area contributed by atoms with Gasteiger partial charge in [-0.05, 0) is 57.9 Å². The van der Waals surface area contributed by atoms with E-state index < -0.39 is 0 Å². The van der Waals surface area contributed by atoms with E-state index in [1.807, 2.05) is 33.9 Å². The second-order valence-electron chi connectivity index (χ2n) is 8.07. The van der Waals surface area contributed by atoms with E-state index >= 15 is 0 Å². The van der Waals surface area contributed by atoms with Crippen LogP contribution in [0, 0.1) is 5.41 Å². The maximum atomic E-state index is 13.0. The van der Waals surface area contributed by atoms with Gasteiger partial charge >= 0.3 is 0 Å². The number of hydrogen-bond donors (Lipinski definition) is 0. The Morgan fingerprint density at radius 3 is 2.69 bits per heavy atom. The summed E-state index contributed by atoms with van der Waals surface area (Å²) in [6.07, 6.45) is 6.28. The van der Waals surface area contributed by atoms with Gasteiger partial charge in [-0.2, -0.15) is 0 Å². The summed E-state index contributed by atoms with van der Waals surface area (Å²) in [5.41, 5.74) is 0.796. The van der Waals surface area contributed by atoms with Crippen molar-refractivity contribution in [3.63, 3.8) is 0 Å². The number of amides is 2. The van der Waals surface area contributed by atoms with Crippen LogP contribution in [0.5, 0.6) is 0 Å². The van der Waals surface area contributed by atoms with Crippen LogP contribution in [-0.2, 0) is 16.1 Å². The SMILES string of the molecule is CC(C)N1CCCC2(CCN(C(=O)CN(C)Cc3ccncc3)C2)C1=O. The Kier molecular flexibility index (Phi) is 5.61. The predicted molar refractivity (Wildman–Crippen MR) is 100 cm³/mol. The van der Waals surface area contributed by atoms with Gasteiger partial charge in [0.1, 0.15) is 0 Å². The first-order valence-electron chi connectivity index (χ1n) is 9.57. The molecule has 0 saturated carbocycles. The molecule has 142 valence electrons. The molecule has 0 bridgehead atoms. The monoisotopic (exact) mass is 358 g/mol. The highest BCUT2D eigenvalue weighted by Gasteiger charge is 2.49. The maximum absolute atomic E-state index is 13.0. The van der Waals surface area contributed by atoms with Gasteiger partial charge < -0.3 is 9.80 Å². The van der Waals surface area contributed by atoms with E-state index in [9.17, 15) is 9.59 Å². The molecule has 0 aliphatic carbocycles. The number of pyridine rings is 1. The van der Waals surface area contributed by atoms with Crippen molar-refractivity contribution in [3.8, 4) is 0 Å². The standard InChI is InChI=1S/C20H30N4O2/c1-16(2)24-11-4-7-20(19(24)26)8-12-23(15-20)18(25)14-22(3)13-17-5-9-21-10-6-17/h5-6,9-10,16H,4,7-8,11-15H2,1-3H3. The fourth-order valence-electron chi connectivity index (χ4n) is 4.24. The lowest BCUT2D eigenvalue weighted by Crippen LogP contribution is -2.53. The molecule has 3 heterocycles. The third kappa shape index (κ3) is 3.90. The number of nitrogens with zero attached hydrogens (tertiary/aromatic N) is 4. The first-order valence-corrected chi connectivity index (χ1v) is 9.57. The van der Waals surface area contributed by atoms with Crippen LogP contribution in [-0.4, -0.2) is 70.8 Å². The number of hydrogen-bond acceptors (Lipinski definition) is 4. The van der Waals surface area contributed by atoms with E-state index in [1.165, 1.54) is 0 Å². The molecule has 3 rings (SSSR count). The number of aromatic nitrogens is 1. The van der Waals surface area contributed by atoms with E-state index in [0.29, 0.717) is 26.2 Å². The van der Waals surface area contributed by atoms with E-state index in [2.05, 4.69) is 18.8 Å². The number of carbonyl (C=O) groups is 2. The van der Waals surface area contributed by atoms with Crippen LogP contribution in [0.15, 0.2) is 24.5 Å². The van der Waals surface area contributed by atoms with Crippen molar-refractivity contribution in [2.24, 2.45) is 5.41 Å². The molecule has 1 aromatic rings. The van der Waals surface area contributed by atoms with Crippen LogP contribution in [0.2, 0.25) is 0 Å². The summed E-state index contributed by atoms with van der Waals surface area (Å²) in [6, 6.07) is 4.16. The summed E-state index contributed by atoms with van der Waals surface area (Å²) in [4.78, 5) is 35.7. The zero-order valence-corrected chi connectivity index (χ0v) is 16.1. The van der Waals surface area contributed by atoms with E-state index in [1.54, 1.807) is 12.4 Å². The van der Waals surface area contributed by atoms with Gasteiger partial charge in [0.15, 0.2) is 0 Å². The Balaban J connectivity index is 1.57. The number of rotatable bonds is 5. The smallest absolute Gasteiger partial charge is 0.236 e. The number of likely N-dealkylation sites (tertiary alicyclic amines) is 2. The molecule has 2 aliphatic heterocycles. The summed E-state index contributed by atoms with van der Waals surface area (Å²) < 4.78 is 0. The van der Waals surface area contributed by atoms with E-state index in [-0.39, 0.29) is 23.3 Å². The quantitative estimate of drug-likeness (QED) is 0.805. The summed E-state index contributed by atoms with van der Waals surface area (Å²) in [7, 11) is 1.95. The van der Waals surface area contributed by atoms with Crippen molar-refractivity contribution in [1.29, 1.82) is 0 Å². The van der Waals surface area contributed by atoms with Crippen molar-refractivity contribution in [3.05, 3.63) is 30.1 Å². The molecule has 0 N–H and O–H groups in total. The van der Waals surface area contributed by atoms with Crippen LogP contribution in [0.25, 0.3) is 0 Å². The predicted octanol–water partition coefficient (Wildman–Crippen LogP) is 1.76. The highest BCUT2D eigenvalue weighted by atomic mass is 16.2. The second kappa shape index (κ2) is 7.74. The van der Waals surface area contributed by atoms with E-state index in [4.69, 9.17) is 0 Å². The Bertz CT molecular complexity index is 648. The molecule has 2 amide bonds. The molecule has 1 spiro atoms. The topological polar surface area (TPSA) is 56.8 Å². The zero-order chi connectivity index (χ0) is 18.7. The average molecular weight is 358 g/mol. The molecule has 0 aromatic carbocycles. The van der Waals surface area contributed by atoms with Gasteiger partial charge in [-0.15, -0.1) is 0 Å². The molecular formula is C20H30N4O2. The van der Waals surface area contributed by atoms with Crippen molar-refractivity contribution >= 4 is 11.8 Å². The van der Waals surface area contributed by atoms with Crippen molar-refractivity contribution in [1.82, 2.24) is 19.7 Å². The van der Waals surface area contributed by atoms with Crippen molar-refractivity contribution < 1.29 is 9.59 Å². The van der Waals surface area contributed by atoms with Crippen molar-refractivity contribution in [2.75, 3.05) is 33.2 Å².